The van der Waals surface area contributed by atoms with Gasteiger partial charge in [0.15, 0.2) is 0 Å². The maximum atomic E-state index is 12.1. The first kappa shape index (κ1) is 12.6. The summed E-state index contributed by atoms with van der Waals surface area (Å²) in [6, 6.07) is 4.49. The van der Waals surface area contributed by atoms with Crippen molar-refractivity contribution in [1.82, 2.24) is 4.90 Å². The predicted molar refractivity (Wildman–Crippen MR) is 63.7 cm³/mol. The van der Waals surface area contributed by atoms with Crippen LogP contribution < -0.4 is 0 Å². The van der Waals surface area contributed by atoms with Crippen LogP contribution in [0.15, 0.2) is 18.2 Å². The quantitative estimate of drug-likeness (QED) is 0.829. The molecule has 0 spiro atoms. The molecule has 1 aliphatic rings. The lowest BCUT2D eigenvalue weighted by atomic mass is 10.0. The Morgan fingerprint density at radius 3 is 2.39 bits per heavy atom. The normalized spacial score (nSPS) is 14.9. The van der Waals surface area contributed by atoms with Crippen LogP contribution in [0.25, 0.3) is 0 Å². The molecule has 0 saturated carbocycles. The summed E-state index contributed by atoms with van der Waals surface area (Å²) in [4.78, 5) is 36.1. The van der Waals surface area contributed by atoms with Gasteiger partial charge in [0.2, 0.25) is 0 Å². The van der Waals surface area contributed by atoms with Crippen molar-refractivity contribution >= 4 is 29.4 Å². The minimum absolute atomic E-state index is 0.0680. The summed E-state index contributed by atoms with van der Waals surface area (Å²) in [6.45, 7) is 2.59. The maximum Gasteiger partial charge on any atom is 0.329 e. The molecule has 0 saturated heterocycles. The molecule has 0 aromatic heterocycles. The van der Waals surface area contributed by atoms with Crippen molar-refractivity contribution in [2.24, 2.45) is 0 Å². The summed E-state index contributed by atoms with van der Waals surface area (Å²) in [6.07, 6.45) is 0. The lowest BCUT2D eigenvalue weighted by Gasteiger charge is -2.29. The van der Waals surface area contributed by atoms with Crippen LogP contribution in [-0.4, -0.2) is 33.3 Å². The summed E-state index contributed by atoms with van der Waals surface area (Å²) in [5.41, 5.74) is -1.41. The van der Waals surface area contributed by atoms with Gasteiger partial charge in [0, 0.05) is 0 Å². The van der Waals surface area contributed by atoms with Gasteiger partial charge in [0.25, 0.3) is 11.8 Å². The van der Waals surface area contributed by atoms with E-state index < -0.39 is 23.3 Å². The molecule has 5 nitrogen and oxygen atoms in total. The van der Waals surface area contributed by atoms with E-state index in [4.69, 9.17) is 16.7 Å². The fraction of sp³-hybridized carbons (Fsp3) is 0.250. The van der Waals surface area contributed by atoms with Crippen LogP contribution in [0.3, 0.4) is 0 Å². The molecule has 0 unspecified atom stereocenters. The Balaban J connectivity index is 2.60. The van der Waals surface area contributed by atoms with Gasteiger partial charge in [0.05, 0.1) is 16.1 Å². The minimum atomic E-state index is -1.61. The molecule has 0 atom stereocenters. The summed E-state index contributed by atoms with van der Waals surface area (Å²) >= 11 is 5.88. The number of fused-ring (bicyclic) bond motifs is 1. The number of carboxylic acids is 1. The van der Waals surface area contributed by atoms with Crippen molar-refractivity contribution in [2.75, 3.05) is 0 Å². The fourth-order valence-electron chi connectivity index (χ4n) is 1.85. The van der Waals surface area contributed by atoms with E-state index in [1.165, 1.54) is 26.0 Å². The van der Waals surface area contributed by atoms with Crippen LogP contribution in [-0.2, 0) is 4.79 Å². The number of imide groups is 1. The Morgan fingerprint density at radius 1 is 1.28 bits per heavy atom. The Hall–Kier alpha value is -1.88. The third-order valence-electron chi connectivity index (χ3n) is 2.95. The Morgan fingerprint density at radius 2 is 1.89 bits per heavy atom. The van der Waals surface area contributed by atoms with Crippen molar-refractivity contribution in [1.29, 1.82) is 0 Å². The second-order valence-corrected chi connectivity index (χ2v) is 4.88. The topological polar surface area (TPSA) is 74.7 Å². The monoisotopic (exact) mass is 267 g/mol. The number of carboxylic acid groups (broad SMARTS) is 1. The first-order valence-electron chi connectivity index (χ1n) is 5.19. The van der Waals surface area contributed by atoms with Gasteiger partial charge in [-0.05, 0) is 26.0 Å². The van der Waals surface area contributed by atoms with E-state index in [0.717, 1.165) is 4.90 Å². The SMILES string of the molecule is CC(C)(C(=O)O)N1C(=O)c2cccc(Cl)c2C1=O. The minimum Gasteiger partial charge on any atom is -0.480 e. The zero-order valence-electron chi connectivity index (χ0n) is 9.73. The molecule has 0 fully saturated rings. The lowest BCUT2D eigenvalue weighted by molar-refractivity contribution is -0.146. The third-order valence-corrected chi connectivity index (χ3v) is 3.26. The van der Waals surface area contributed by atoms with Crippen LogP contribution in [0, 0.1) is 0 Å². The van der Waals surface area contributed by atoms with Crippen molar-refractivity contribution in [3.8, 4) is 0 Å². The number of rotatable bonds is 2. The van der Waals surface area contributed by atoms with Crippen LogP contribution in [0.1, 0.15) is 34.6 Å². The van der Waals surface area contributed by atoms with Gasteiger partial charge in [-0.15, -0.1) is 0 Å². The smallest absolute Gasteiger partial charge is 0.329 e. The van der Waals surface area contributed by atoms with E-state index in [-0.39, 0.29) is 16.1 Å². The average Bonchev–Trinajstić information content (AvgIpc) is 2.52. The van der Waals surface area contributed by atoms with Gasteiger partial charge in [-0.2, -0.15) is 0 Å². The first-order valence-corrected chi connectivity index (χ1v) is 5.57. The largest absolute Gasteiger partial charge is 0.480 e. The van der Waals surface area contributed by atoms with Crippen LogP contribution >= 0.6 is 11.6 Å². The van der Waals surface area contributed by atoms with Crippen LogP contribution in [0.5, 0.6) is 0 Å². The third kappa shape index (κ3) is 1.51. The molecule has 2 rings (SSSR count). The van der Waals surface area contributed by atoms with E-state index in [9.17, 15) is 14.4 Å². The second-order valence-electron chi connectivity index (χ2n) is 4.47. The molecule has 0 radical (unpaired) electrons. The molecule has 2 amide bonds. The molecule has 6 heteroatoms. The van der Waals surface area contributed by atoms with Gasteiger partial charge in [-0.25, -0.2) is 4.79 Å². The Labute approximate surface area is 108 Å². The fourth-order valence-corrected chi connectivity index (χ4v) is 2.10. The molecule has 18 heavy (non-hydrogen) atoms. The highest BCUT2D eigenvalue weighted by Crippen LogP contribution is 2.33. The first-order chi connectivity index (χ1) is 8.28. The number of nitrogens with zero attached hydrogens (tertiary/aromatic N) is 1. The van der Waals surface area contributed by atoms with Crippen molar-refractivity contribution in [2.45, 2.75) is 19.4 Å². The molecule has 0 bridgehead atoms. The highest BCUT2D eigenvalue weighted by molar-refractivity contribution is 6.37. The lowest BCUT2D eigenvalue weighted by Crippen LogP contribution is -2.52. The van der Waals surface area contributed by atoms with Gasteiger partial charge in [0.1, 0.15) is 5.54 Å². The van der Waals surface area contributed by atoms with Crippen LogP contribution in [0.2, 0.25) is 5.02 Å². The summed E-state index contributed by atoms with van der Waals surface area (Å²) < 4.78 is 0. The van der Waals surface area contributed by atoms with E-state index >= 15 is 0 Å². The van der Waals surface area contributed by atoms with E-state index in [1.807, 2.05) is 0 Å². The number of amides is 2. The molecule has 94 valence electrons. The molecule has 1 aromatic rings. The van der Waals surface area contributed by atoms with Crippen molar-refractivity contribution < 1.29 is 19.5 Å². The predicted octanol–water partition coefficient (Wildman–Crippen LogP) is 1.80. The number of halogens is 1. The van der Waals surface area contributed by atoms with E-state index in [1.54, 1.807) is 6.07 Å². The highest BCUT2D eigenvalue weighted by atomic mass is 35.5. The van der Waals surface area contributed by atoms with Crippen LogP contribution in [0.4, 0.5) is 0 Å². The molecule has 1 heterocycles. The molecule has 0 aliphatic carbocycles. The standard InChI is InChI=1S/C12H10ClNO4/c1-12(2,11(17)18)14-9(15)6-4-3-5-7(13)8(6)10(14)16/h3-5H,1-2H3,(H,17,18). The number of carbonyl (C=O) groups is 3. The summed E-state index contributed by atoms with van der Waals surface area (Å²) in [5.74, 6) is -2.56. The number of carbonyl (C=O) groups excluding carboxylic acids is 2. The molecule has 1 N–H and O–H groups in total. The summed E-state index contributed by atoms with van der Waals surface area (Å²) in [5, 5.41) is 9.25. The number of benzene rings is 1. The zero-order chi connectivity index (χ0) is 13.7. The van der Waals surface area contributed by atoms with Gasteiger partial charge in [-0.3, -0.25) is 14.5 Å². The van der Waals surface area contributed by atoms with Gasteiger partial charge >= 0.3 is 5.97 Å². The maximum absolute atomic E-state index is 12.1. The van der Waals surface area contributed by atoms with Crippen molar-refractivity contribution in [3.63, 3.8) is 0 Å². The van der Waals surface area contributed by atoms with Gasteiger partial charge < -0.3 is 5.11 Å². The Bertz CT molecular complexity index is 579. The number of aliphatic carboxylic acids is 1. The van der Waals surface area contributed by atoms with E-state index in [0.29, 0.717) is 0 Å². The molecule has 1 aliphatic heterocycles. The van der Waals surface area contributed by atoms with E-state index in [2.05, 4.69) is 0 Å². The Kier molecular flexibility index (Phi) is 2.66. The second kappa shape index (κ2) is 3.81. The number of hydrogen-bond acceptors (Lipinski definition) is 3. The zero-order valence-corrected chi connectivity index (χ0v) is 10.5. The average molecular weight is 268 g/mol. The highest BCUT2D eigenvalue weighted by Gasteiger charge is 2.48. The van der Waals surface area contributed by atoms with Gasteiger partial charge in [-0.1, -0.05) is 17.7 Å². The summed E-state index contributed by atoms with van der Waals surface area (Å²) in [7, 11) is 0. The van der Waals surface area contributed by atoms with Crippen molar-refractivity contribution in [3.05, 3.63) is 34.3 Å². The number of hydrogen-bond donors (Lipinski definition) is 1. The molecular formula is C12H10ClNO4. The molecule has 1 aromatic carbocycles. The molecular weight excluding hydrogens is 258 g/mol.